The second-order valence-corrected chi connectivity index (χ2v) is 2.64. The maximum atomic E-state index is 9.37. The van der Waals surface area contributed by atoms with Gasteiger partial charge in [-0.1, -0.05) is 19.9 Å². The van der Waals surface area contributed by atoms with Crippen molar-refractivity contribution in [2.24, 2.45) is 0 Å². The van der Waals surface area contributed by atoms with E-state index in [0.717, 1.165) is 12.7 Å². The van der Waals surface area contributed by atoms with E-state index in [2.05, 4.69) is 6.58 Å². The van der Waals surface area contributed by atoms with E-state index in [9.17, 15) is 10.2 Å². The van der Waals surface area contributed by atoms with Gasteiger partial charge in [-0.2, -0.15) is 0 Å². The van der Waals surface area contributed by atoms with Crippen molar-refractivity contribution in [1.29, 1.82) is 0 Å². The minimum atomic E-state index is -1.50. The molecule has 0 amide bonds. The first-order chi connectivity index (χ1) is 5.04. The highest BCUT2D eigenvalue weighted by molar-refractivity contribution is 4.73. The maximum Gasteiger partial charge on any atom is 0.230 e. The third-order valence-electron chi connectivity index (χ3n) is 1.50. The van der Waals surface area contributed by atoms with Gasteiger partial charge in [0.15, 0.2) is 0 Å². The maximum absolute atomic E-state index is 9.37. The van der Waals surface area contributed by atoms with Crippen LogP contribution in [0.25, 0.3) is 0 Å². The molecule has 0 aliphatic rings. The Bertz CT molecular complexity index is 121. The highest BCUT2D eigenvalue weighted by Gasteiger charge is 2.30. The molecule has 11 heavy (non-hydrogen) atoms. The van der Waals surface area contributed by atoms with E-state index in [0.29, 0.717) is 6.42 Å². The molecule has 0 aromatic heterocycles. The highest BCUT2D eigenvalue weighted by Crippen LogP contribution is 2.15. The Hall–Kier alpha value is -0.540. The predicted octanol–water partition coefficient (Wildman–Crippen LogP) is 1.02. The molecule has 2 N–H and O–H groups in total. The van der Waals surface area contributed by atoms with E-state index < -0.39 is 11.9 Å². The molecule has 3 nitrogen and oxygen atoms in total. The summed E-state index contributed by atoms with van der Waals surface area (Å²) in [5.74, 6) is -1.50. The van der Waals surface area contributed by atoms with E-state index in [1.807, 2.05) is 6.92 Å². The Labute approximate surface area is 67.3 Å². The molecule has 0 aromatic rings. The predicted molar refractivity (Wildman–Crippen MR) is 42.8 cm³/mol. The molecule has 3 heteroatoms. The largest absolute Gasteiger partial charge is 0.468 e. The van der Waals surface area contributed by atoms with Gasteiger partial charge in [-0.25, -0.2) is 0 Å². The van der Waals surface area contributed by atoms with Crippen LogP contribution in [0.3, 0.4) is 0 Å². The molecule has 0 saturated carbocycles. The molecule has 0 heterocycles. The molecule has 0 saturated heterocycles. The molecule has 0 radical (unpaired) electrons. The fraction of sp³-hybridized carbons (Fsp3) is 0.750. The zero-order chi connectivity index (χ0) is 8.91. The van der Waals surface area contributed by atoms with E-state index >= 15 is 0 Å². The second-order valence-electron chi connectivity index (χ2n) is 2.64. The van der Waals surface area contributed by atoms with Crippen LogP contribution in [0, 0.1) is 0 Å². The van der Waals surface area contributed by atoms with Gasteiger partial charge in [0.2, 0.25) is 5.79 Å². The average molecular weight is 160 g/mol. The minimum absolute atomic E-state index is 0.515. The third kappa shape index (κ3) is 3.39. The van der Waals surface area contributed by atoms with Gasteiger partial charge in [-0.05, 0) is 6.42 Å². The first-order valence-corrected chi connectivity index (χ1v) is 3.73. The van der Waals surface area contributed by atoms with Gasteiger partial charge in [0.1, 0.15) is 6.10 Å². The summed E-state index contributed by atoms with van der Waals surface area (Å²) < 4.78 is 4.71. The lowest BCUT2D eigenvalue weighted by molar-refractivity contribution is -0.216. The lowest BCUT2D eigenvalue weighted by atomic mass is 10.1. The molecule has 0 aliphatic heterocycles. The van der Waals surface area contributed by atoms with Crippen molar-refractivity contribution >= 4 is 0 Å². The first-order valence-electron chi connectivity index (χ1n) is 3.73. The summed E-state index contributed by atoms with van der Waals surface area (Å²) in [7, 11) is 0. The third-order valence-corrected chi connectivity index (χ3v) is 1.50. The normalized spacial score (nSPS) is 18.5. The van der Waals surface area contributed by atoms with Gasteiger partial charge in [0.25, 0.3) is 0 Å². The lowest BCUT2D eigenvalue weighted by Crippen LogP contribution is -2.40. The molecule has 0 fully saturated rings. The average Bonchev–Trinajstić information content (AvgIpc) is 1.88. The molecule has 0 rings (SSSR count). The summed E-state index contributed by atoms with van der Waals surface area (Å²) >= 11 is 0. The van der Waals surface area contributed by atoms with Gasteiger partial charge in [0, 0.05) is 6.92 Å². The molecular formula is C8H16O3. The fourth-order valence-electron chi connectivity index (χ4n) is 0.789. The molecule has 0 spiro atoms. The quantitative estimate of drug-likeness (QED) is 0.466. The Morgan fingerprint density at radius 2 is 2.27 bits per heavy atom. The van der Waals surface area contributed by atoms with Crippen LogP contribution in [0.5, 0.6) is 0 Å². The van der Waals surface area contributed by atoms with E-state index in [-0.39, 0.29) is 0 Å². The molecule has 2 unspecified atom stereocenters. The van der Waals surface area contributed by atoms with Crippen molar-refractivity contribution in [2.75, 3.05) is 0 Å². The molecule has 2 atom stereocenters. The Morgan fingerprint density at radius 1 is 1.73 bits per heavy atom. The Morgan fingerprint density at radius 3 is 2.64 bits per heavy atom. The number of hydrogen-bond acceptors (Lipinski definition) is 3. The molecule has 66 valence electrons. The summed E-state index contributed by atoms with van der Waals surface area (Å²) in [6.45, 7) is 6.63. The summed E-state index contributed by atoms with van der Waals surface area (Å²) in [6, 6.07) is 0. The van der Waals surface area contributed by atoms with E-state index in [4.69, 9.17) is 4.74 Å². The van der Waals surface area contributed by atoms with Crippen molar-refractivity contribution < 1.29 is 14.9 Å². The van der Waals surface area contributed by atoms with E-state index in [1.54, 1.807) is 0 Å². The molecule has 0 aromatic carbocycles. The van der Waals surface area contributed by atoms with Crippen LogP contribution in [0.4, 0.5) is 0 Å². The number of aliphatic hydroxyl groups is 2. The van der Waals surface area contributed by atoms with Crippen LogP contribution < -0.4 is 0 Å². The van der Waals surface area contributed by atoms with Gasteiger partial charge in [-0.15, -0.1) is 0 Å². The zero-order valence-electron chi connectivity index (χ0n) is 7.08. The molecular weight excluding hydrogens is 144 g/mol. The van der Waals surface area contributed by atoms with Crippen molar-refractivity contribution in [2.45, 2.75) is 38.6 Å². The Balaban J connectivity index is 3.93. The summed E-state index contributed by atoms with van der Waals surface area (Å²) in [4.78, 5) is 0. The first kappa shape index (κ1) is 10.5. The summed E-state index contributed by atoms with van der Waals surface area (Å²) in [6.07, 6.45) is 1.59. The van der Waals surface area contributed by atoms with Gasteiger partial charge in [-0.3, -0.25) is 0 Å². The molecule has 0 bridgehead atoms. The summed E-state index contributed by atoms with van der Waals surface area (Å²) in [5, 5.41) is 18.7. The Kier molecular flexibility index (Phi) is 4.15. The topological polar surface area (TPSA) is 49.7 Å². The zero-order valence-corrected chi connectivity index (χ0v) is 7.08. The smallest absolute Gasteiger partial charge is 0.230 e. The van der Waals surface area contributed by atoms with Crippen molar-refractivity contribution in [1.82, 2.24) is 0 Å². The van der Waals surface area contributed by atoms with Crippen LogP contribution in [0.1, 0.15) is 26.7 Å². The van der Waals surface area contributed by atoms with Crippen LogP contribution in [-0.2, 0) is 4.74 Å². The van der Waals surface area contributed by atoms with Crippen molar-refractivity contribution in [3.63, 3.8) is 0 Å². The van der Waals surface area contributed by atoms with Gasteiger partial charge >= 0.3 is 0 Å². The SMILES string of the molecule is C=COC(C)(O)C(O)CCC. The number of rotatable bonds is 5. The van der Waals surface area contributed by atoms with Gasteiger partial charge < -0.3 is 14.9 Å². The van der Waals surface area contributed by atoms with E-state index in [1.165, 1.54) is 6.92 Å². The molecule has 0 aliphatic carbocycles. The van der Waals surface area contributed by atoms with Crippen LogP contribution in [0.15, 0.2) is 12.8 Å². The van der Waals surface area contributed by atoms with Gasteiger partial charge in [0.05, 0.1) is 6.26 Å². The number of ether oxygens (including phenoxy) is 1. The lowest BCUT2D eigenvalue weighted by Gasteiger charge is -2.27. The van der Waals surface area contributed by atoms with Crippen molar-refractivity contribution in [3.05, 3.63) is 12.8 Å². The standard InChI is InChI=1S/C8H16O3/c1-4-6-7(9)8(3,10)11-5-2/h5,7,9-10H,2,4,6H2,1,3H3. The number of hydrogen-bond donors (Lipinski definition) is 2. The van der Waals surface area contributed by atoms with Crippen LogP contribution in [0.2, 0.25) is 0 Å². The summed E-state index contributed by atoms with van der Waals surface area (Å²) in [5.41, 5.74) is 0. The fourth-order valence-corrected chi connectivity index (χ4v) is 0.789. The monoisotopic (exact) mass is 160 g/mol. The van der Waals surface area contributed by atoms with Crippen LogP contribution in [-0.4, -0.2) is 22.1 Å². The minimum Gasteiger partial charge on any atom is -0.468 e. The van der Waals surface area contributed by atoms with Crippen molar-refractivity contribution in [3.8, 4) is 0 Å². The highest BCUT2D eigenvalue weighted by atomic mass is 16.6. The number of aliphatic hydroxyl groups excluding tert-OH is 1. The van der Waals surface area contributed by atoms with Crippen LogP contribution >= 0.6 is 0 Å². The second kappa shape index (κ2) is 4.36.